The first-order chi connectivity index (χ1) is 8.16. The molecule has 0 aliphatic carbocycles. The molecule has 3 nitrogen and oxygen atoms in total. The van der Waals surface area contributed by atoms with E-state index in [4.69, 9.17) is 17.3 Å². The molecule has 2 aromatic carbocycles. The van der Waals surface area contributed by atoms with Crippen LogP contribution in [0.1, 0.15) is 10.4 Å². The summed E-state index contributed by atoms with van der Waals surface area (Å²) in [5.74, 6) is -0.436. The van der Waals surface area contributed by atoms with Crippen LogP contribution < -0.4 is 11.1 Å². The molecule has 86 valence electrons. The van der Waals surface area contributed by atoms with Crippen molar-refractivity contribution in [1.29, 1.82) is 0 Å². The Morgan fingerprint density at radius 2 is 1.71 bits per heavy atom. The SMILES string of the molecule is NC(=O)c1ccc(Nc2ccccc2Cl)cc1. The van der Waals surface area contributed by atoms with E-state index in [-0.39, 0.29) is 0 Å². The third kappa shape index (κ3) is 2.77. The zero-order valence-electron chi connectivity index (χ0n) is 8.98. The van der Waals surface area contributed by atoms with E-state index in [0.29, 0.717) is 10.6 Å². The summed E-state index contributed by atoms with van der Waals surface area (Å²) in [4.78, 5) is 10.9. The van der Waals surface area contributed by atoms with Crippen molar-refractivity contribution in [1.82, 2.24) is 0 Å². The lowest BCUT2D eigenvalue weighted by atomic mass is 10.2. The van der Waals surface area contributed by atoms with Gasteiger partial charge in [-0.2, -0.15) is 0 Å². The van der Waals surface area contributed by atoms with E-state index in [1.807, 2.05) is 24.3 Å². The van der Waals surface area contributed by atoms with E-state index in [2.05, 4.69) is 5.32 Å². The van der Waals surface area contributed by atoms with Crippen LogP contribution in [0.5, 0.6) is 0 Å². The van der Waals surface area contributed by atoms with Crippen LogP contribution in [0, 0.1) is 0 Å². The van der Waals surface area contributed by atoms with E-state index in [1.165, 1.54) is 0 Å². The fourth-order valence-electron chi connectivity index (χ4n) is 1.44. The van der Waals surface area contributed by atoms with Gasteiger partial charge in [-0.25, -0.2) is 0 Å². The number of carbonyl (C=O) groups is 1. The Bertz CT molecular complexity index is 537. The molecule has 0 saturated carbocycles. The predicted octanol–water partition coefficient (Wildman–Crippen LogP) is 3.18. The Balaban J connectivity index is 2.20. The standard InChI is InChI=1S/C13H11ClN2O/c14-11-3-1-2-4-12(11)16-10-7-5-9(6-8-10)13(15)17/h1-8,16H,(H2,15,17). The molecule has 0 saturated heterocycles. The molecule has 0 spiro atoms. The summed E-state index contributed by atoms with van der Waals surface area (Å²) in [5.41, 5.74) is 7.31. The van der Waals surface area contributed by atoms with Crippen molar-refractivity contribution in [3.8, 4) is 0 Å². The van der Waals surface area contributed by atoms with Crippen molar-refractivity contribution in [3.05, 3.63) is 59.1 Å². The highest BCUT2D eigenvalue weighted by atomic mass is 35.5. The number of rotatable bonds is 3. The van der Waals surface area contributed by atoms with E-state index >= 15 is 0 Å². The minimum atomic E-state index is -0.436. The van der Waals surface area contributed by atoms with Gasteiger partial charge >= 0.3 is 0 Å². The van der Waals surface area contributed by atoms with E-state index < -0.39 is 5.91 Å². The molecule has 17 heavy (non-hydrogen) atoms. The van der Waals surface area contributed by atoms with Gasteiger partial charge in [0.1, 0.15) is 0 Å². The molecule has 0 aliphatic rings. The average molecular weight is 247 g/mol. The van der Waals surface area contributed by atoms with Gasteiger partial charge in [-0.05, 0) is 36.4 Å². The van der Waals surface area contributed by atoms with Crippen LogP contribution in [0.15, 0.2) is 48.5 Å². The van der Waals surface area contributed by atoms with Crippen molar-refractivity contribution in [2.45, 2.75) is 0 Å². The second-order valence-electron chi connectivity index (χ2n) is 3.55. The third-order valence-corrected chi connectivity index (χ3v) is 2.65. The number of carbonyl (C=O) groups excluding carboxylic acids is 1. The number of benzene rings is 2. The first-order valence-corrected chi connectivity index (χ1v) is 5.46. The zero-order chi connectivity index (χ0) is 12.3. The van der Waals surface area contributed by atoms with Gasteiger partial charge in [0.25, 0.3) is 0 Å². The van der Waals surface area contributed by atoms with Crippen molar-refractivity contribution < 1.29 is 4.79 Å². The van der Waals surface area contributed by atoms with Crippen LogP contribution in [-0.2, 0) is 0 Å². The second kappa shape index (κ2) is 4.89. The summed E-state index contributed by atoms with van der Waals surface area (Å²) < 4.78 is 0. The fraction of sp³-hybridized carbons (Fsp3) is 0. The van der Waals surface area contributed by atoms with Crippen LogP contribution >= 0.6 is 11.6 Å². The van der Waals surface area contributed by atoms with Gasteiger partial charge in [-0.3, -0.25) is 4.79 Å². The highest BCUT2D eigenvalue weighted by Gasteiger charge is 2.01. The highest BCUT2D eigenvalue weighted by molar-refractivity contribution is 6.33. The fourth-order valence-corrected chi connectivity index (χ4v) is 1.62. The van der Waals surface area contributed by atoms with Gasteiger partial charge in [0.15, 0.2) is 0 Å². The largest absolute Gasteiger partial charge is 0.366 e. The van der Waals surface area contributed by atoms with Gasteiger partial charge < -0.3 is 11.1 Å². The summed E-state index contributed by atoms with van der Waals surface area (Å²) in [6.45, 7) is 0. The van der Waals surface area contributed by atoms with E-state index in [1.54, 1.807) is 24.3 Å². The smallest absolute Gasteiger partial charge is 0.248 e. The minimum Gasteiger partial charge on any atom is -0.366 e. The lowest BCUT2D eigenvalue weighted by Gasteiger charge is -2.08. The second-order valence-corrected chi connectivity index (χ2v) is 3.95. The molecule has 0 aromatic heterocycles. The number of para-hydroxylation sites is 1. The summed E-state index contributed by atoms with van der Waals surface area (Å²) in [7, 11) is 0. The molecule has 0 aliphatic heterocycles. The molecular formula is C13H11ClN2O. The predicted molar refractivity (Wildman–Crippen MR) is 69.7 cm³/mol. The van der Waals surface area contributed by atoms with Crippen molar-refractivity contribution in [3.63, 3.8) is 0 Å². The maximum Gasteiger partial charge on any atom is 0.248 e. The Morgan fingerprint density at radius 3 is 2.29 bits per heavy atom. The highest BCUT2D eigenvalue weighted by Crippen LogP contribution is 2.24. The van der Waals surface area contributed by atoms with Crippen LogP contribution in [0.25, 0.3) is 0 Å². The van der Waals surface area contributed by atoms with Gasteiger partial charge in [0.2, 0.25) is 5.91 Å². The van der Waals surface area contributed by atoms with Gasteiger partial charge in [0, 0.05) is 11.3 Å². The number of nitrogens with two attached hydrogens (primary N) is 1. The summed E-state index contributed by atoms with van der Waals surface area (Å²) in [5, 5.41) is 3.80. The molecule has 0 heterocycles. The van der Waals surface area contributed by atoms with Crippen LogP contribution in [-0.4, -0.2) is 5.91 Å². The average Bonchev–Trinajstić information content (AvgIpc) is 2.33. The van der Waals surface area contributed by atoms with Crippen molar-refractivity contribution >= 4 is 28.9 Å². The van der Waals surface area contributed by atoms with Crippen molar-refractivity contribution in [2.24, 2.45) is 5.73 Å². The van der Waals surface area contributed by atoms with Crippen LogP contribution in [0.2, 0.25) is 5.02 Å². The minimum absolute atomic E-state index is 0.436. The number of hydrogen-bond donors (Lipinski definition) is 2. The molecule has 3 N–H and O–H groups in total. The zero-order valence-corrected chi connectivity index (χ0v) is 9.74. The molecule has 4 heteroatoms. The first-order valence-electron chi connectivity index (χ1n) is 5.08. The number of hydrogen-bond acceptors (Lipinski definition) is 2. The number of anilines is 2. The molecule has 2 rings (SSSR count). The van der Waals surface area contributed by atoms with Gasteiger partial charge in [-0.15, -0.1) is 0 Å². The number of amides is 1. The maximum absolute atomic E-state index is 10.9. The molecule has 0 bridgehead atoms. The lowest BCUT2D eigenvalue weighted by Crippen LogP contribution is -2.10. The molecule has 0 radical (unpaired) electrons. The Kier molecular flexibility index (Phi) is 3.30. The lowest BCUT2D eigenvalue weighted by molar-refractivity contribution is 0.100. The Labute approximate surface area is 104 Å². The van der Waals surface area contributed by atoms with Crippen LogP contribution in [0.3, 0.4) is 0 Å². The van der Waals surface area contributed by atoms with Gasteiger partial charge in [0.05, 0.1) is 10.7 Å². The van der Waals surface area contributed by atoms with E-state index in [0.717, 1.165) is 11.4 Å². The van der Waals surface area contributed by atoms with E-state index in [9.17, 15) is 4.79 Å². The number of primary amides is 1. The summed E-state index contributed by atoms with van der Waals surface area (Å²) in [6.07, 6.45) is 0. The van der Waals surface area contributed by atoms with Gasteiger partial charge in [-0.1, -0.05) is 23.7 Å². The normalized spacial score (nSPS) is 9.94. The Morgan fingerprint density at radius 1 is 1.06 bits per heavy atom. The topological polar surface area (TPSA) is 55.1 Å². The monoisotopic (exact) mass is 246 g/mol. The molecule has 1 amide bonds. The first kappa shape index (κ1) is 11.5. The summed E-state index contributed by atoms with van der Waals surface area (Å²) >= 11 is 6.02. The Hall–Kier alpha value is -2.00. The quantitative estimate of drug-likeness (QED) is 0.874. The molecule has 0 unspecified atom stereocenters. The molecule has 0 fully saturated rings. The summed E-state index contributed by atoms with van der Waals surface area (Å²) in [6, 6.07) is 14.3. The number of nitrogens with one attached hydrogen (secondary N) is 1. The third-order valence-electron chi connectivity index (χ3n) is 2.32. The van der Waals surface area contributed by atoms with Crippen LogP contribution in [0.4, 0.5) is 11.4 Å². The van der Waals surface area contributed by atoms with Crippen molar-refractivity contribution in [2.75, 3.05) is 5.32 Å². The maximum atomic E-state index is 10.9. The molecule has 2 aromatic rings. The molecule has 0 atom stereocenters. The molecular weight excluding hydrogens is 236 g/mol. The number of halogens is 1.